The fraction of sp³-hybridized carbons (Fsp3) is 0.318. The Hall–Kier alpha value is -3.43. The largest absolute Gasteiger partial charge is 0.442 e. The third kappa shape index (κ3) is 3.41. The summed E-state index contributed by atoms with van der Waals surface area (Å²) in [6, 6.07) is 13.9. The second-order valence-electron chi connectivity index (χ2n) is 7.65. The van der Waals surface area contributed by atoms with Crippen molar-refractivity contribution < 1.29 is 29.0 Å². The van der Waals surface area contributed by atoms with E-state index in [0.717, 1.165) is 10.6 Å². The Labute approximate surface area is 178 Å². The third-order valence-corrected chi connectivity index (χ3v) is 5.73. The van der Waals surface area contributed by atoms with Gasteiger partial charge in [-0.1, -0.05) is 12.1 Å². The maximum absolute atomic E-state index is 12.6. The molecular formula is C22H21N3O6. The molecule has 0 saturated carbocycles. The molecule has 2 aromatic carbocycles. The van der Waals surface area contributed by atoms with Crippen LogP contribution in [0.4, 0.5) is 16.2 Å². The number of aliphatic hydroxyl groups excluding tert-OH is 1. The highest BCUT2D eigenvalue weighted by molar-refractivity contribution is 6.21. The number of anilines is 2. The van der Waals surface area contributed by atoms with Gasteiger partial charge in [-0.05, 0) is 36.4 Å². The number of ether oxygens (including phenoxy) is 2. The fourth-order valence-corrected chi connectivity index (χ4v) is 4.15. The van der Waals surface area contributed by atoms with Crippen molar-refractivity contribution >= 4 is 29.3 Å². The van der Waals surface area contributed by atoms with Gasteiger partial charge in [0.25, 0.3) is 11.8 Å². The van der Waals surface area contributed by atoms with E-state index in [0.29, 0.717) is 30.0 Å². The number of fused-ring (bicyclic) bond motifs is 1. The maximum Gasteiger partial charge on any atom is 0.414 e. The molecule has 0 aliphatic carbocycles. The molecule has 3 aliphatic heterocycles. The van der Waals surface area contributed by atoms with E-state index in [1.807, 2.05) is 17.0 Å². The number of carbonyl (C=O) groups is 3. The minimum absolute atomic E-state index is 0.00659. The Morgan fingerprint density at radius 3 is 2.23 bits per heavy atom. The summed E-state index contributed by atoms with van der Waals surface area (Å²) >= 11 is 0. The van der Waals surface area contributed by atoms with Crippen molar-refractivity contribution in [2.75, 3.05) is 42.6 Å². The summed E-state index contributed by atoms with van der Waals surface area (Å²) in [5.74, 6) is -0.743. The molecule has 2 saturated heterocycles. The van der Waals surface area contributed by atoms with Crippen LogP contribution in [-0.2, 0) is 9.47 Å². The van der Waals surface area contributed by atoms with Gasteiger partial charge in [0, 0.05) is 17.9 Å². The first-order chi connectivity index (χ1) is 15.0. The summed E-state index contributed by atoms with van der Waals surface area (Å²) in [4.78, 5) is 42.0. The molecule has 2 fully saturated rings. The zero-order valence-corrected chi connectivity index (χ0v) is 16.6. The zero-order chi connectivity index (χ0) is 21.5. The van der Waals surface area contributed by atoms with Crippen molar-refractivity contribution in [3.05, 3.63) is 59.7 Å². The minimum Gasteiger partial charge on any atom is -0.442 e. The second kappa shape index (κ2) is 7.68. The Morgan fingerprint density at radius 1 is 0.935 bits per heavy atom. The average Bonchev–Trinajstić information content (AvgIpc) is 3.27. The molecule has 1 N–H and O–H groups in total. The molecular weight excluding hydrogens is 402 g/mol. The molecule has 9 heteroatoms. The lowest BCUT2D eigenvalue weighted by molar-refractivity contribution is 0.00633. The van der Waals surface area contributed by atoms with Crippen LogP contribution in [-0.4, -0.2) is 73.1 Å². The number of imide groups is 1. The lowest BCUT2D eigenvalue weighted by Gasteiger charge is -2.34. The zero-order valence-electron chi connectivity index (χ0n) is 16.6. The average molecular weight is 423 g/mol. The molecule has 0 bridgehead atoms. The first kappa shape index (κ1) is 19.5. The van der Waals surface area contributed by atoms with Gasteiger partial charge in [0.1, 0.15) is 6.10 Å². The molecule has 3 aliphatic rings. The molecule has 9 nitrogen and oxygen atoms in total. The summed E-state index contributed by atoms with van der Waals surface area (Å²) in [5.41, 5.74) is 2.21. The van der Waals surface area contributed by atoms with Crippen LogP contribution in [0.15, 0.2) is 48.5 Å². The van der Waals surface area contributed by atoms with Gasteiger partial charge < -0.3 is 19.5 Å². The van der Waals surface area contributed by atoms with E-state index in [-0.39, 0.29) is 31.5 Å². The van der Waals surface area contributed by atoms with Gasteiger partial charge in [-0.2, -0.15) is 0 Å². The number of cyclic esters (lactones) is 1. The second-order valence-corrected chi connectivity index (χ2v) is 7.65. The summed E-state index contributed by atoms with van der Waals surface area (Å²) in [6.45, 7) is 1.60. The predicted molar refractivity (Wildman–Crippen MR) is 110 cm³/mol. The summed E-state index contributed by atoms with van der Waals surface area (Å²) in [5, 5.41) is 10.1. The Morgan fingerprint density at radius 2 is 1.58 bits per heavy atom. The van der Waals surface area contributed by atoms with Gasteiger partial charge in [-0.15, -0.1) is 0 Å². The topological polar surface area (TPSA) is 99.6 Å². The minimum atomic E-state index is -0.708. The number of nitrogens with zero attached hydrogens (tertiary/aromatic N) is 3. The molecule has 2 aromatic rings. The lowest BCUT2D eigenvalue weighted by Crippen LogP contribution is -2.45. The van der Waals surface area contributed by atoms with Crippen LogP contribution in [0, 0.1) is 0 Å². The quantitative estimate of drug-likeness (QED) is 0.744. The number of rotatable bonds is 4. The molecule has 0 aromatic heterocycles. The van der Waals surface area contributed by atoms with Gasteiger partial charge in [0.15, 0.2) is 6.23 Å². The first-order valence-corrected chi connectivity index (χ1v) is 10.1. The van der Waals surface area contributed by atoms with Crippen molar-refractivity contribution in [1.82, 2.24) is 4.90 Å². The van der Waals surface area contributed by atoms with Crippen LogP contribution in [0.3, 0.4) is 0 Å². The first-order valence-electron chi connectivity index (χ1n) is 10.1. The van der Waals surface area contributed by atoms with Gasteiger partial charge in [0.2, 0.25) is 0 Å². The Kier molecular flexibility index (Phi) is 4.84. The van der Waals surface area contributed by atoms with Crippen molar-refractivity contribution in [3.8, 4) is 0 Å². The van der Waals surface area contributed by atoms with Gasteiger partial charge >= 0.3 is 6.09 Å². The number of carbonyl (C=O) groups excluding carboxylic acids is 3. The van der Waals surface area contributed by atoms with E-state index in [2.05, 4.69) is 0 Å². The van der Waals surface area contributed by atoms with Crippen LogP contribution >= 0.6 is 0 Å². The smallest absolute Gasteiger partial charge is 0.414 e. The molecule has 0 spiro atoms. The number of benzene rings is 2. The number of amides is 3. The van der Waals surface area contributed by atoms with E-state index >= 15 is 0 Å². The highest BCUT2D eigenvalue weighted by atomic mass is 16.6. The highest BCUT2D eigenvalue weighted by Gasteiger charge is 2.40. The molecule has 1 unspecified atom stereocenters. The maximum atomic E-state index is 12.6. The van der Waals surface area contributed by atoms with E-state index in [4.69, 9.17) is 9.47 Å². The molecule has 5 rings (SSSR count). The van der Waals surface area contributed by atoms with E-state index < -0.39 is 18.4 Å². The molecule has 160 valence electrons. The van der Waals surface area contributed by atoms with Gasteiger partial charge in [-0.3, -0.25) is 19.4 Å². The van der Waals surface area contributed by atoms with Crippen LogP contribution < -0.4 is 9.80 Å². The van der Waals surface area contributed by atoms with E-state index in [1.54, 1.807) is 36.4 Å². The van der Waals surface area contributed by atoms with Crippen molar-refractivity contribution in [3.63, 3.8) is 0 Å². The molecule has 3 heterocycles. The monoisotopic (exact) mass is 423 g/mol. The number of morpholine rings is 1. The van der Waals surface area contributed by atoms with Crippen molar-refractivity contribution in [2.45, 2.75) is 12.3 Å². The van der Waals surface area contributed by atoms with Crippen molar-refractivity contribution in [1.29, 1.82) is 0 Å². The predicted octanol–water partition coefficient (Wildman–Crippen LogP) is 1.46. The number of hydrogen-bond donors (Lipinski definition) is 1. The van der Waals surface area contributed by atoms with Gasteiger partial charge in [0.05, 0.1) is 37.4 Å². The Balaban J connectivity index is 1.26. The molecule has 2 atom stereocenters. The molecule has 3 amide bonds. The number of aliphatic hydroxyl groups is 1. The normalized spacial score (nSPS) is 23.4. The lowest BCUT2D eigenvalue weighted by atomic mass is 10.1. The Bertz CT molecular complexity index is 1000. The summed E-state index contributed by atoms with van der Waals surface area (Å²) < 4.78 is 10.7. The van der Waals surface area contributed by atoms with Crippen LogP contribution in [0.25, 0.3) is 0 Å². The third-order valence-electron chi connectivity index (χ3n) is 5.73. The standard InChI is InChI=1S/C22H21N3O6/c26-19-13-30-10-9-23(19)14-5-7-15(8-6-14)24-11-16(31-22(24)29)12-25-20(27)17-3-1-2-4-18(17)21(25)28/h1-8,16,19,26H,9-13H2/t16-,19?/m0/s1. The molecule has 0 radical (unpaired) electrons. The van der Waals surface area contributed by atoms with Crippen LogP contribution in [0.1, 0.15) is 20.7 Å². The SMILES string of the molecule is O=C1c2ccccc2C(=O)N1C[C@@H]1CN(c2ccc(N3CCOCC3O)cc2)C(=O)O1. The van der Waals surface area contributed by atoms with Gasteiger partial charge in [-0.25, -0.2) is 4.79 Å². The summed E-state index contributed by atoms with van der Waals surface area (Å²) in [7, 11) is 0. The number of hydrogen-bond acceptors (Lipinski definition) is 7. The van der Waals surface area contributed by atoms with Crippen molar-refractivity contribution in [2.24, 2.45) is 0 Å². The highest BCUT2D eigenvalue weighted by Crippen LogP contribution is 2.28. The van der Waals surface area contributed by atoms with E-state index in [1.165, 1.54) is 4.90 Å². The molecule has 31 heavy (non-hydrogen) atoms. The van der Waals surface area contributed by atoms with Crippen LogP contribution in [0.5, 0.6) is 0 Å². The van der Waals surface area contributed by atoms with E-state index in [9.17, 15) is 19.5 Å². The fourth-order valence-electron chi connectivity index (χ4n) is 4.15. The van der Waals surface area contributed by atoms with Crippen LogP contribution in [0.2, 0.25) is 0 Å². The summed E-state index contributed by atoms with van der Waals surface area (Å²) in [6.07, 6.45) is -1.85.